The summed E-state index contributed by atoms with van der Waals surface area (Å²) in [4.78, 5) is 25.6. The average Bonchev–Trinajstić information content (AvgIpc) is 3.42. The van der Waals surface area contributed by atoms with Crippen molar-refractivity contribution in [2.75, 3.05) is 23.4 Å². The van der Waals surface area contributed by atoms with E-state index in [9.17, 15) is 18.4 Å². The van der Waals surface area contributed by atoms with Gasteiger partial charge in [0.1, 0.15) is 17.2 Å². The van der Waals surface area contributed by atoms with Crippen LogP contribution in [0.3, 0.4) is 0 Å². The molecule has 0 spiro atoms. The maximum atomic E-state index is 13.8. The predicted molar refractivity (Wildman–Crippen MR) is 136 cm³/mol. The molecule has 2 heterocycles. The van der Waals surface area contributed by atoms with E-state index in [-0.39, 0.29) is 18.2 Å². The van der Waals surface area contributed by atoms with Crippen molar-refractivity contribution < 1.29 is 18.4 Å². The Balaban J connectivity index is 1.38. The van der Waals surface area contributed by atoms with Crippen LogP contribution in [0.15, 0.2) is 57.9 Å². The smallest absolute Gasteiger partial charge is 0.257 e. The number of benzene rings is 2. The molecule has 4 rings (SSSR count). The van der Waals surface area contributed by atoms with Gasteiger partial charge < -0.3 is 9.88 Å². The number of amides is 2. The lowest BCUT2D eigenvalue weighted by molar-refractivity contribution is -0.113. The van der Waals surface area contributed by atoms with Gasteiger partial charge in [-0.05, 0) is 24.0 Å². The number of anilines is 1. The molecule has 0 atom stereocenters. The van der Waals surface area contributed by atoms with Crippen LogP contribution in [0.4, 0.5) is 13.9 Å². The fourth-order valence-electron chi connectivity index (χ4n) is 3.35. The molecule has 2 aromatic heterocycles. The Morgan fingerprint density at radius 1 is 1.06 bits per heavy atom. The summed E-state index contributed by atoms with van der Waals surface area (Å²) in [6, 6.07) is 11.0. The maximum Gasteiger partial charge on any atom is 0.257 e. The second-order valence-electron chi connectivity index (χ2n) is 7.20. The van der Waals surface area contributed by atoms with Crippen LogP contribution >= 0.6 is 34.9 Å². The second-order valence-corrected chi connectivity index (χ2v) is 10.7. The van der Waals surface area contributed by atoms with Crippen molar-refractivity contribution in [3.63, 3.8) is 0 Å². The molecular formula is C23H21F2N5O2S3. The van der Waals surface area contributed by atoms with Crippen molar-refractivity contribution in [2.24, 2.45) is 0 Å². The van der Waals surface area contributed by atoms with Crippen molar-refractivity contribution in [2.45, 2.75) is 22.7 Å². The summed E-state index contributed by atoms with van der Waals surface area (Å²) in [5.41, 5.74) is 0.329. The van der Waals surface area contributed by atoms with Crippen LogP contribution in [0.2, 0.25) is 0 Å². The van der Waals surface area contributed by atoms with Crippen LogP contribution in [0.25, 0.3) is 10.9 Å². The molecule has 2 N–H and O–H groups in total. The van der Waals surface area contributed by atoms with Crippen molar-refractivity contribution in [3.8, 4) is 0 Å². The van der Waals surface area contributed by atoms with Crippen molar-refractivity contribution in [3.05, 3.63) is 65.9 Å². The van der Waals surface area contributed by atoms with E-state index in [1.165, 1.54) is 29.2 Å². The van der Waals surface area contributed by atoms with E-state index in [1.54, 1.807) is 11.8 Å². The van der Waals surface area contributed by atoms with E-state index < -0.39 is 23.1 Å². The Labute approximate surface area is 212 Å². The zero-order chi connectivity index (χ0) is 24.8. The third kappa shape index (κ3) is 6.19. The monoisotopic (exact) mass is 533 g/mol. The fraction of sp³-hybridized carbons (Fsp3) is 0.217. The number of fused-ring (bicyclic) bond motifs is 1. The van der Waals surface area contributed by atoms with Gasteiger partial charge in [0, 0.05) is 35.1 Å². The van der Waals surface area contributed by atoms with E-state index in [4.69, 9.17) is 0 Å². The average molecular weight is 534 g/mol. The summed E-state index contributed by atoms with van der Waals surface area (Å²) in [6.45, 7) is 2.58. The highest BCUT2D eigenvalue weighted by Crippen LogP contribution is 2.30. The summed E-state index contributed by atoms with van der Waals surface area (Å²) >= 11 is 4.30. The predicted octanol–water partition coefficient (Wildman–Crippen LogP) is 5.04. The summed E-state index contributed by atoms with van der Waals surface area (Å²) in [6.07, 6.45) is 1.90. The molecule has 0 unspecified atom stereocenters. The largest absolute Gasteiger partial charge is 0.350 e. The van der Waals surface area contributed by atoms with E-state index in [2.05, 4.69) is 20.8 Å². The molecule has 0 saturated heterocycles. The third-order valence-corrected chi connectivity index (χ3v) is 7.76. The molecule has 0 bridgehead atoms. The minimum atomic E-state index is -0.903. The van der Waals surface area contributed by atoms with E-state index in [0.29, 0.717) is 11.7 Å². The Bertz CT molecular complexity index is 1340. The highest BCUT2D eigenvalue weighted by atomic mass is 32.2. The fourth-order valence-corrected chi connectivity index (χ4v) is 5.90. The first-order valence-electron chi connectivity index (χ1n) is 10.6. The molecule has 0 aliphatic heterocycles. The summed E-state index contributed by atoms with van der Waals surface area (Å²) in [5, 5.41) is 14.8. The van der Waals surface area contributed by atoms with Gasteiger partial charge in [0.25, 0.3) is 5.91 Å². The number of hydrogen-bond acceptors (Lipinski definition) is 7. The van der Waals surface area contributed by atoms with Crippen LogP contribution < -0.4 is 10.6 Å². The number of rotatable bonds is 10. The van der Waals surface area contributed by atoms with E-state index >= 15 is 0 Å². The second kappa shape index (κ2) is 11.6. The number of hydrogen-bond donors (Lipinski definition) is 2. The van der Waals surface area contributed by atoms with E-state index in [0.717, 1.165) is 38.0 Å². The Hall–Kier alpha value is -2.96. The van der Waals surface area contributed by atoms with Gasteiger partial charge in [0.05, 0.1) is 5.75 Å². The van der Waals surface area contributed by atoms with Crippen LogP contribution in [0, 0.1) is 11.6 Å². The molecule has 4 aromatic rings. The molecular weight excluding hydrogens is 512 g/mol. The number of aromatic nitrogens is 3. The lowest BCUT2D eigenvalue weighted by Gasteiger charge is -2.09. The summed E-state index contributed by atoms with van der Waals surface area (Å²) in [5.74, 6) is -1.73. The van der Waals surface area contributed by atoms with Gasteiger partial charge >= 0.3 is 0 Å². The molecule has 2 aromatic carbocycles. The number of carbonyl (C=O) groups is 2. The van der Waals surface area contributed by atoms with Crippen molar-refractivity contribution in [1.82, 2.24) is 20.1 Å². The lowest BCUT2D eigenvalue weighted by atomic mass is 10.2. The first-order chi connectivity index (χ1) is 17.0. The highest BCUT2D eigenvalue weighted by molar-refractivity contribution is 8.01. The van der Waals surface area contributed by atoms with Crippen LogP contribution in [-0.2, 0) is 11.3 Å². The number of carbonyl (C=O) groups excluding carboxylic acids is 2. The molecule has 0 aliphatic carbocycles. The van der Waals surface area contributed by atoms with Gasteiger partial charge in [-0.1, -0.05) is 54.3 Å². The summed E-state index contributed by atoms with van der Waals surface area (Å²) < 4.78 is 30.4. The Morgan fingerprint density at radius 3 is 2.60 bits per heavy atom. The molecule has 7 nitrogen and oxygen atoms in total. The summed E-state index contributed by atoms with van der Waals surface area (Å²) in [7, 11) is 0. The molecule has 0 fully saturated rings. The molecule has 0 aliphatic rings. The van der Waals surface area contributed by atoms with E-state index in [1.807, 2.05) is 42.0 Å². The molecule has 2 amide bonds. The quantitative estimate of drug-likeness (QED) is 0.219. The SMILES string of the molecule is CCSc1nnc(NC(=O)CSc2cn(CCNC(=O)c3c(F)cccc3F)c3ccccc23)s1. The number of thioether (sulfide) groups is 2. The Morgan fingerprint density at radius 2 is 1.83 bits per heavy atom. The number of halogens is 2. The molecule has 182 valence electrons. The van der Waals surface area contributed by atoms with Crippen molar-refractivity contribution in [1.29, 1.82) is 0 Å². The van der Waals surface area contributed by atoms with Crippen LogP contribution in [0.1, 0.15) is 17.3 Å². The van der Waals surface area contributed by atoms with Crippen molar-refractivity contribution >= 4 is 62.7 Å². The molecule has 35 heavy (non-hydrogen) atoms. The van der Waals surface area contributed by atoms with Crippen LogP contribution in [0.5, 0.6) is 0 Å². The minimum Gasteiger partial charge on any atom is -0.350 e. The standard InChI is InChI=1S/C23H21F2N5O2S3/c1-2-33-23-29-28-22(35-23)27-19(31)13-34-18-12-30(17-9-4-3-6-14(17)18)11-10-26-21(32)20-15(24)7-5-8-16(20)25/h3-9,12H,2,10-11,13H2,1H3,(H,26,32)(H,27,28,31). The normalized spacial score (nSPS) is 11.1. The zero-order valence-electron chi connectivity index (χ0n) is 18.6. The third-order valence-electron chi connectivity index (χ3n) is 4.86. The van der Waals surface area contributed by atoms with Gasteiger partial charge in [0.2, 0.25) is 11.0 Å². The molecule has 0 saturated carbocycles. The van der Waals surface area contributed by atoms with Gasteiger partial charge in [-0.3, -0.25) is 14.9 Å². The molecule has 12 heteroatoms. The van der Waals surface area contributed by atoms with Gasteiger partial charge in [0.15, 0.2) is 4.34 Å². The minimum absolute atomic E-state index is 0.172. The lowest BCUT2D eigenvalue weighted by Crippen LogP contribution is -2.28. The van der Waals surface area contributed by atoms with Gasteiger partial charge in [-0.2, -0.15) is 0 Å². The number of para-hydroxylation sites is 1. The first kappa shape index (κ1) is 25.1. The number of nitrogens with zero attached hydrogens (tertiary/aromatic N) is 3. The topological polar surface area (TPSA) is 88.9 Å². The molecule has 0 radical (unpaired) electrons. The van der Waals surface area contributed by atoms with Gasteiger partial charge in [-0.25, -0.2) is 8.78 Å². The maximum absolute atomic E-state index is 13.8. The highest BCUT2D eigenvalue weighted by Gasteiger charge is 2.17. The first-order valence-corrected chi connectivity index (χ1v) is 13.4. The zero-order valence-corrected chi connectivity index (χ0v) is 21.0. The number of nitrogens with one attached hydrogen (secondary N) is 2. The Kier molecular flexibility index (Phi) is 8.37. The van der Waals surface area contributed by atoms with Crippen LogP contribution in [-0.4, -0.2) is 44.6 Å². The van der Waals surface area contributed by atoms with Gasteiger partial charge in [-0.15, -0.1) is 22.0 Å².